The second-order valence-corrected chi connectivity index (χ2v) is 3.11. The summed E-state index contributed by atoms with van der Waals surface area (Å²) in [6.45, 7) is 2.91. The maximum absolute atomic E-state index is 13.2. The van der Waals surface area contributed by atoms with Crippen LogP contribution in [0.5, 0.6) is 0 Å². The van der Waals surface area contributed by atoms with Crippen molar-refractivity contribution >= 4 is 5.97 Å². The minimum Gasteiger partial charge on any atom is -0.461 e. The summed E-state index contributed by atoms with van der Waals surface area (Å²) in [7, 11) is 0. The molecule has 0 heterocycles. The van der Waals surface area contributed by atoms with E-state index in [4.69, 9.17) is 0 Å². The van der Waals surface area contributed by atoms with Crippen LogP contribution in [0.25, 0.3) is 0 Å². The van der Waals surface area contributed by atoms with Gasteiger partial charge in [0.05, 0.1) is 12.2 Å². The van der Waals surface area contributed by atoms with Crippen molar-refractivity contribution in [3.05, 3.63) is 11.4 Å². The molecule has 0 aromatic heterocycles. The number of hydrogen-bond acceptors (Lipinski definition) is 2. The summed E-state index contributed by atoms with van der Waals surface area (Å²) < 4.78 is 54.5. The fourth-order valence-corrected chi connectivity index (χ4v) is 1.05. The molecule has 94 valence electrons. The van der Waals surface area contributed by atoms with E-state index >= 15 is 0 Å². The molecule has 0 aliphatic carbocycles. The molecule has 0 rings (SSSR count). The van der Waals surface area contributed by atoms with Crippen molar-refractivity contribution in [2.24, 2.45) is 0 Å². The van der Waals surface area contributed by atoms with Crippen molar-refractivity contribution in [2.45, 2.75) is 39.3 Å². The minimum atomic E-state index is -4.83. The van der Waals surface area contributed by atoms with E-state index in [2.05, 4.69) is 4.74 Å². The molecule has 0 fully saturated rings. The van der Waals surface area contributed by atoms with Gasteiger partial charge in [-0.15, -0.1) is 0 Å². The molecule has 6 heteroatoms. The second-order valence-electron chi connectivity index (χ2n) is 3.11. The molecule has 0 radical (unpaired) electrons. The third-order valence-corrected chi connectivity index (χ3v) is 1.84. The lowest BCUT2D eigenvalue weighted by atomic mass is 10.1. The van der Waals surface area contributed by atoms with Crippen LogP contribution in [0.1, 0.15) is 33.1 Å². The second kappa shape index (κ2) is 6.50. The molecule has 0 aromatic rings. The molecule has 0 aliphatic heterocycles. The van der Waals surface area contributed by atoms with Gasteiger partial charge in [0.15, 0.2) is 0 Å². The lowest BCUT2D eigenvalue weighted by molar-refractivity contribution is -0.142. The van der Waals surface area contributed by atoms with Gasteiger partial charge in [-0.05, 0) is 19.8 Å². The molecule has 0 spiro atoms. The highest BCUT2D eigenvalue weighted by molar-refractivity contribution is 5.87. The predicted octanol–water partition coefficient (Wildman–Crippen LogP) is 3.53. The summed E-state index contributed by atoms with van der Waals surface area (Å²) in [6.07, 6.45) is -4.69. The van der Waals surface area contributed by atoms with Gasteiger partial charge in [0.25, 0.3) is 0 Å². The average Bonchev–Trinajstić information content (AvgIpc) is 2.16. The summed E-state index contributed by atoms with van der Waals surface area (Å²) in [6, 6.07) is 0. The number of carbonyl (C=O) groups excluding carboxylic acids is 1. The van der Waals surface area contributed by atoms with Crippen molar-refractivity contribution in [3.63, 3.8) is 0 Å². The predicted molar refractivity (Wildman–Crippen MR) is 50.3 cm³/mol. The largest absolute Gasteiger partial charge is 0.461 e. The molecule has 0 saturated carbocycles. The van der Waals surface area contributed by atoms with Crippen LogP contribution in [-0.4, -0.2) is 18.8 Å². The van der Waals surface area contributed by atoms with E-state index < -0.39 is 30.0 Å². The van der Waals surface area contributed by atoms with Crippen LogP contribution in [0.2, 0.25) is 0 Å². The quantitative estimate of drug-likeness (QED) is 0.419. The number of allylic oxidation sites excluding steroid dienone is 1. The summed E-state index contributed by atoms with van der Waals surface area (Å²) >= 11 is 0. The van der Waals surface area contributed by atoms with Crippen LogP contribution >= 0.6 is 0 Å². The number of halogens is 4. The molecule has 0 unspecified atom stereocenters. The number of unbranched alkanes of at least 4 members (excludes halogenated alkanes) is 1. The van der Waals surface area contributed by atoms with Crippen molar-refractivity contribution in [2.75, 3.05) is 6.61 Å². The molecule has 0 bridgehead atoms. The number of carbonyl (C=O) groups is 1. The first kappa shape index (κ1) is 14.9. The van der Waals surface area contributed by atoms with Gasteiger partial charge in [-0.3, -0.25) is 0 Å². The normalized spacial score (nSPS) is 13.4. The highest BCUT2D eigenvalue weighted by atomic mass is 19.4. The maximum Gasteiger partial charge on any atom is 0.415 e. The Kier molecular flexibility index (Phi) is 6.06. The van der Waals surface area contributed by atoms with Crippen LogP contribution in [0.4, 0.5) is 17.6 Å². The van der Waals surface area contributed by atoms with E-state index in [-0.39, 0.29) is 13.0 Å². The van der Waals surface area contributed by atoms with Gasteiger partial charge in [-0.1, -0.05) is 13.3 Å². The van der Waals surface area contributed by atoms with Crippen LogP contribution < -0.4 is 0 Å². The van der Waals surface area contributed by atoms with Gasteiger partial charge in [0.2, 0.25) is 5.83 Å². The van der Waals surface area contributed by atoms with Crippen LogP contribution in [0.3, 0.4) is 0 Å². The number of esters is 1. The number of rotatable bonds is 5. The van der Waals surface area contributed by atoms with Crippen molar-refractivity contribution in [1.29, 1.82) is 0 Å². The van der Waals surface area contributed by atoms with Crippen molar-refractivity contribution in [3.8, 4) is 0 Å². The zero-order chi connectivity index (χ0) is 12.8. The zero-order valence-corrected chi connectivity index (χ0v) is 9.16. The summed E-state index contributed by atoms with van der Waals surface area (Å²) in [5, 5.41) is 0. The van der Waals surface area contributed by atoms with Crippen molar-refractivity contribution in [1.82, 2.24) is 0 Å². The summed E-state index contributed by atoms with van der Waals surface area (Å²) in [5.74, 6) is -3.38. The van der Waals surface area contributed by atoms with E-state index in [0.717, 1.165) is 0 Å². The summed E-state index contributed by atoms with van der Waals surface area (Å²) in [4.78, 5) is 10.8. The molecular formula is C10H14F4O2. The minimum absolute atomic E-state index is 0.162. The van der Waals surface area contributed by atoms with Gasteiger partial charge in [-0.25, -0.2) is 4.79 Å². The Labute approximate surface area is 91.3 Å². The highest BCUT2D eigenvalue weighted by Gasteiger charge is 2.38. The molecule has 0 saturated heterocycles. The molecule has 0 aliphatic rings. The first-order valence-electron chi connectivity index (χ1n) is 4.97. The molecule has 16 heavy (non-hydrogen) atoms. The van der Waals surface area contributed by atoms with E-state index in [1.165, 1.54) is 6.92 Å². The third kappa shape index (κ3) is 4.63. The molecule has 0 N–H and O–H groups in total. The maximum atomic E-state index is 13.2. The molecule has 0 amide bonds. The fraction of sp³-hybridized carbons (Fsp3) is 0.700. The fourth-order valence-electron chi connectivity index (χ4n) is 1.05. The van der Waals surface area contributed by atoms with E-state index in [1.54, 1.807) is 6.92 Å². The van der Waals surface area contributed by atoms with Crippen LogP contribution in [0.15, 0.2) is 11.4 Å². The van der Waals surface area contributed by atoms with Crippen LogP contribution in [-0.2, 0) is 9.53 Å². The zero-order valence-electron chi connectivity index (χ0n) is 9.16. The summed E-state index contributed by atoms with van der Waals surface area (Å²) in [5.41, 5.74) is -1.44. The van der Waals surface area contributed by atoms with Gasteiger partial charge >= 0.3 is 12.1 Å². The molecule has 0 aromatic carbocycles. The van der Waals surface area contributed by atoms with Gasteiger partial charge in [-0.2, -0.15) is 17.6 Å². The Morgan fingerprint density at radius 3 is 2.19 bits per heavy atom. The lowest BCUT2D eigenvalue weighted by Gasteiger charge is -2.12. The molecule has 2 nitrogen and oxygen atoms in total. The number of hydrogen-bond donors (Lipinski definition) is 0. The average molecular weight is 242 g/mol. The molecule has 0 atom stereocenters. The standard InChI is InChI=1S/C10H14F4O2/c1-3-5-6-7(10(12,13)14)8(11)9(15)16-4-2/h3-6H2,1-2H3/b8-7-. The Balaban J connectivity index is 4.97. The van der Waals surface area contributed by atoms with Crippen LogP contribution in [0, 0.1) is 0 Å². The van der Waals surface area contributed by atoms with E-state index in [9.17, 15) is 22.4 Å². The smallest absolute Gasteiger partial charge is 0.415 e. The Morgan fingerprint density at radius 2 is 1.81 bits per heavy atom. The van der Waals surface area contributed by atoms with E-state index in [0.29, 0.717) is 6.42 Å². The first-order valence-corrected chi connectivity index (χ1v) is 4.97. The third-order valence-electron chi connectivity index (χ3n) is 1.84. The SMILES string of the molecule is CCCC/C(=C(/F)C(=O)OCC)C(F)(F)F. The number of alkyl halides is 3. The van der Waals surface area contributed by atoms with Crippen molar-refractivity contribution < 1.29 is 27.1 Å². The number of ether oxygens (including phenoxy) is 1. The Morgan fingerprint density at radius 1 is 1.25 bits per heavy atom. The Bertz CT molecular complexity index is 268. The first-order chi connectivity index (χ1) is 7.34. The highest BCUT2D eigenvalue weighted by Crippen LogP contribution is 2.33. The van der Waals surface area contributed by atoms with Gasteiger partial charge in [0.1, 0.15) is 0 Å². The molecular weight excluding hydrogens is 228 g/mol. The van der Waals surface area contributed by atoms with Gasteiger partial charge in [0, 0.05) is 0 Å². The Hall–Kier alpha value is -1.07. The van der Waals surface area contributed by atoms with Gasteiger partial charge < -0.3 is 4.74 Å². The monoisotopic (exact) mass is 242 g/mol. The topological polar surface area (TPSA) is 26.3 Å². The van der Waals surface area contributed by atoms with E-state index in [1.807, 2.05) is 0 Å². The lowest BCUT2D eigenvalue weighted by Crippen LogP contribution is -2.18.